The Balaban J connectivity index is 2.33. The molecule has 3 nitrogen and oxygen atoms in total. The number of aryl methyl sites for hydroxylation is 1. The topological polar surface area (TPSA) is 33.6 Å². The van der Waals surface area contributed by atoms with E-state index in [2.05, 4.69) is 17.0 Å². The quantitative estimate of drug-likeness (QED) is 0.648. The molecule has 1 saturated carbocycles. The predicted octanol–water partition coefficient (Wildman–Crippen LogP) is 1.60. The third-order valence-electron chi connectivity index (χ3n) is 2.25. The number of aromatic amines is 1. The van der Waals surface area contributed by atoms with E-state index in [1.807, 2.05) is 7.05 Å². The van der Waals surface area contributed by atoms with Gasteiger partial charge in [0.15, 0.2) is 0 Å². The molecule has 1 heterocycles. The zero-order valence-electron chi connectivity index (χ0n) is 6.66. The van der Waals surface area contributed by atoms with Crippen LogP contribution in [0.5, 0.6) is 0 Å². The fourth-order valence-electron chi connectivity index (χ4n) is 1.29. The maximum absolute atomic E-state index is 4.98. The molecule has 0 amide bonds. The molecule has 0 radical (unpaired) electrons. The van der Waals surface area contributed by atoms with Crippen molar-refractivity contribution < 1.29 is 0 Å². The molecular weight excluding hydrogens is 158 g/mol. The van der Waals surface area contributed by atoms with Crippen LogP contribution < -0.4 is 0 Å². The standard InChI is InChI=1S/C7H11N3S/c1-4-3-5(4)6-8-7(11)10(2)9-6/h4-5H,3H2,1-2H3,(H,8,9,11). The van der Waals surface area contributed by atoms with Gasteiger partial charge in [0.25, 0.3) is 0 Å². The van der Waals surface area contributed by atoms with Crippen LogP contribution in [-0.4, -0.2) is 14.8 Å². The van der Waals surface area contributed by atoms with E-state index in [4.69, 9.17) is 12.2 Å². The first-order valence-corrected chi connectivity index (χ1v) is 4.22. The van der Waals surface area contributed by atoms with Crippen LogP contribution in [0.25, 0.3) is 0 Å². The number of aromatic nitrogens is 3. The first-order chi connectivity index (χ1) is 5.18. The molecule has 0 aromatic carbocycles. The number of H-pyrrole nitrogens is 1. The number of nitrogens with one attached hydrogen (secondary N) is 1. The van der Waals surface area contributed by atoms with Gasteiger partial charge in [-0.15, -0.1) is 0 Å². The van der Waals surface area contributed by atoms with Crippen LogP contribution in [0.1, 0.15) is 25.1 Å². The van der Waals surface area contributed by atoms with Gasteiger partial charge >= 0.3 is 0 Å². The Hall–Kier alpha value is -0.640. The van der Waals surface area contributed by atoms with E-state index in [0.29, 0.717) is 10.7 Å². The molecule has 11 heavy (non-hydrogen) atoms. The summed E-state index contributed by atoms with van der Waals surface area (Å²) in [6.07, 6.45) is 1.25. The van der Waals surface area contributed by atoms with Gasteiger partial charge in [-0.3, -0.25) is 9.78 Å². The fourth-order valence-corrected chi connectivity index (χ4v) is 1.44. The molecule has 1 aromatic rings. The van der Waals surface area contributed by atoms with Crippen molar-refractivity contribution in [1.29, 1.82) is 0 Å². The minimum atomic E-state index is 0.637. The Kier molecular flexibility index (Phi) is 1.39. The summed E-state index contributed by atoms with van der Waals surface area (Å²) in [6, 6.07) is 0. The first-order valence-electron chi connectivity index (χ1n) is 3.81. The second kappa shape index (κ2) is 2.17. The molecule has 60 valence electrons. The van der Waals surface area contributed by atoms with E-state index < -0.39 is 0 Å². The van der Waals surface area contributed by atoms with Crippen molar-refractivity contribution >= 4 is 12.2 Å². The van der Waals surface area contributed by atoms with E-state index in [9.17, 15) is 0 Å². The molecule has 2 unspecified atom stereocenters. The van der Waals surface area contributed by atoms with Gasteiger partial charge in [0.1, 0.15) is 5.82 Å². The third-order valence-corrected chi connectivity index (χ3v) is 2.61. The fraction of sp³-hybridized carbons (Fsp3) is 0.714. The van der Waals surface area contributed by atoms with Crippen LogP contribution in [0.2, 0.25) is 0 Å². The summed E-state index contributed by atoms with van der Waals surface area (Å²) in [6.45, 7) is 2.23. The second-order valence-electron chi connectivity index (χ2n) is 3.27. The van der Waals surface area contributed by atoms with Gasteiger partial charge in [-0.25, -0.2) is 4.98 Å². The number of nitrogens with zero attached hydrogens (tertiary/aromatic N) is 2. The van der Waals surface area contributed by atoms with Gasteiger partial charge in [0, 0.05) is 13.0 Å². The zero-order valence-corrected chi connectivity index (χ0v) is 7.48. The Morgan fingerprint density at radius 1 is 1.73 bits per heavy atom. The highest BCUT2D eigenvalue weighted by Gasteiger charge is 2.36. The molecule has 0 spiro atoms. The van der Waals surface area contributed by atoms with Crippen molar-refractivity contribution in [1.82, 2.24) is 14.8 Å². The lowest BCUT2D eigenvalue weighted by molar-refractivity contribution is 0.727. The molecule has 2 rings (SSSR count). The Morgan fingerprint density at radius 2 is 2.36 bits per heavy atom. The molecule has 0 aliphatic heterocycles. The van der Waals surface area contributed by atoms with E-state index in [1.165, 1.54) is 6.42 Å². The van der Waals surface area contributed by atoms with Crippen molar-refractivity contribution in [3.8, 4) is 0 Å². The Bertz CT molecular complexity index is 325. The summed E-state index contributed by atoms with van der Waals surface area (Å²) in [5.41, 5.74) is 0. The molecule has 1 aromatic heterocycles. The van der Waals surface area contributed by atoms with Crippen LogP contribution in [0.15, 0.2) is 0 Å². The minimum absolute atomic E-state index is 0.637. The normalized spacial score (nSPS) is 28.9. The molecule has 0 saturated heterocycles. The van der Waals surface area contributed by atoms with Crippen LogP contribution in [0, 0.1) is 10.7 Å². The Morgan fingerprint density at radius 3 is 2.73 bits per heavy atom. The summed E-state index contributed by atoms with van der Waals surface area (Å²) in [5, 5.41) is 3.14. The molecule has 0 bridgehead atoms. The molecule has 1 N–H and O–H groups in total. The molecule has 1 aliphatic rings. The van der Waals surface area contributed by atoms with Gasteiger partial charge in [0.2, 0.25) is 4.77 Å². The first kappa shape index (κ1) is 7.03. The van der Waals surface area contributed by atoms with Crippen molar-refractivity contribution in [3.63, 3.8) is 0 Å². The average molecular weight is 169 g/mol. The summed E-state index contributed by atoms with van der Waals surface area (Å²) in [7, 11) is 1.89. The van der Waals surface area contributed by atoms with Crippen molar-refractivity contribution in [2.24, 2.45) is 13.0 Å². The highest BCUT2D eigenvalue weighted by atomic mass is 32.1. The SMILES string of the molecule is CC1CC1c1nc(=S)n(C)[nH]1. The smallest absolute Gasteiger partial charge is 0.215 e. The van der Waals surface area contributed by atoms with Gasteiger partial charge < -0.3 is 0 Å². The van der Waals surface area contributed by atoms with Crippen molar-refractivity contribution in [3.05, 3.63) is 10.6 Å². The lowest BCUT2D eigenvalue weighted by Crippen LogP contribution is -1.90. The summed E-state index contributed by atoms with van der Waals surface area (Å²) < 4.78 is 2.44. The lowest BCUT2D eigenvalue weighted by atomic mass is 10.3. The van der Waals surface area contributed by atoms with E-state index >= 15 is 0 Å². The summed E-state index contributed by atoms with van der Waals surface area (Å²) in [4.78, 5) is 4.24. The third kappa shape index (κ3) is 1.11. The average Bonchev–Trinajstić information content (AvgIpc) is 2.56. The van der Waals surface area contributed by atoms with Crippen LogP contribution in [0.4, 0.5) is 0 Å². The molecule has 1 aliphatic carbocycles. The number of rotatable bonds is 1. The maximum atomic E-state index is 4.98. The van der Waals surface area contributed by atoms with Gasteiger partial charge in [-0.1, -0.05) is 6.92 Å². The van der Waals surface area contributed by atoms with Gasteiger partial charge in [-0.05, 0) is 24.6 Å². The maximum Gasteiger partial charge on any atom is 0.215 e. The number of hydrogen-bond donors (Lipinski definition) is 1. The van der Waals surface area contributed by atoms with Crippen molar-refractivity contribution in [2.45, 2.75) is 19.3 Å². The molecular formula is C7H11N3S. The highest BCUT2D eigenvalue weighted by Crippen LogP contribution is 2.45. The summed E-state index contributed by atoms with van der Waals surface area (Å²) in [5.74, 6) is 2.48. The highest BCUT2D eigenvalue weighted by molar-refractivity contribution is 7.71. The molecule has 1 fully saturated rings. The van der Waals surface area contributed by atoms with Crippen LogP contribution >= 0.6 is 12.2 Å². The molecule has 2 atom stereocenters. The van der Waals surface area contributed by atoms with Gasteiger partial charge in [0.05, 0.1) is 0 Å². The predicted molar refractivity (Wildman–Crippen MR) is 44.9 cm³/mol. The number of hydrogen-bond acceptors (Lipinski definition) is 2. The van der Waals surface area contributed by atoms with Gasteiger partial charge in [-0.2, -0.15) is 0 Å². The van der Waals surface area contributed by atoms with Crippen LogP contribution in [0.3, 0.4) is 0 Å². The van der Waals surface area contributed by atoms with E-state index in [-0.39, 0.29) is 0 Å². The summed E-state index contributed by atoms with van der Waals surface area (Å²) >= 11 is 4.98. The Labute approximate surface area is 70.4 Å². The zero-order chi connectivity index (χ0) is 8.01. The van der Waals surface area contributed by atoms with E-state index in [1.54, 1.807) is 4.68 Å². The van der Waals surface area contributed by atoms with Crippen LogP contribution in [-0.2, 0) is 7.05 Å². The molecule has 4 heteroatoms. The largest absolute Gasteiger partial charge is 0.283 e. The van der Waals surface area contributed by atoms with Crippen molar-refractivity contribution in [2.75, 3.05) is 0 Å². The van der Waals surface area contributed by atoms with E-state index in [0.717, 1.165) is 11.7 Å². The lowest BCUT2D eigenvalue weighted by Gasteiger charge is -1.88. The second-order valence-corrected chi connectivity index (χ2v) is 3.64. The minimum Gasteiger partial charge on any atom is -0.283 e. The monoisotopic (exact) mass is 169 g/mol.